The highest BCUT2D eigenvalue weighted by Gasteiger charge is 2.17. The number of rotatable bonds is 5. The first kappa shape index (κ1) is 11.3. The van der Waals surface area contributed by atoms with Gasteiger partial charge in [0.2, 0.25) is 0 Å². The van der Waals surface area contributed by atoms with Crippen molar-refractivity contribution in [1.82, 2.24) is 10.2 Å². The molecule has 0 aromatic carbocycles. The molecular weight excluding hydrogens is 180 g/mol. The Morgan fingerprint density at radius 2 is 2.31 bits per heavy atom. The first-order chi connectivity index (χ1) is 6.34. The molecule has 2 nitrogen and oxygen atoms in total. The Kier molecular flexibility index (Phi) is 5.83. The van der Waals surface area contributed by atoms with E-state index >= 15 is 0 Å². The maximum atomic E-state index is 3.45. The van der Waals surface area contributed by atoms with E-state index in [1.54, 1.807) is 0 Å². The Bertz CT molecular complexity index is 130. The van der Waals surface area contributed by atoms with Crippen molar-refractivity contribution < 1.29 is 0 Å². The Hall–Kier alpha value is 0.270. The molecule has 78 valence electrons. The molecule has 1 aliphatic rings. The molecule has 0 aliphatic carbocycles. The van der Waals surface area contributed by atoms with Crippen LogP contribution in [0.1, 0.15) is 20.3 Å². The Morgan fingerprint density at radius 1 is 1.46 bits per heavy atom. The average Bonchev–Trinajstić information content (AvgIpc) is 2.15. The molecule has 3 heteroatoms. The predicted molar refractivity (Wildman–Crippen MR) is 61.5 cm³/mol. The minimum atomic E-state index is 0.780. The van der Waals surface area contributed by atoms with Gasteiger partial charge >= 0.3 is 0 Å². The molecule has 0 bridgehead atoms. The zero-order valence-corrected chi connectivity index (χ0v) is 9.70. The number of thioether (sulfide) groups is 1. The molecule has 1 rings (SSSR count). The normalized spacial score (nSPS) is 24.9. The van der Waals surface area contributed by atoms with Crippen LogP contribution < -0.4 is 5.32 Å². The Morgan fingerprint density at radius 3 is 3.00 bits per heavy atom. The number of hydrogen-bond donors (Lipinski definition) is 1. The van der Waals surface area contributed by atoms with Gasteiger partial charge in [0.05, 0.1) is 0 Å². The fourth-order valence-electron chi connectivity index (χ4n) is 1.62. The summed E-state index contributed by atoms with van der Waals surface area (Å²) in [5.41, 5.74) is 0. The zero-order valence-electron chi connectivity index (χ0n) is 8.88. The molecule has 0 aromatic rings. The van der Waals surface area contributed by atoms with Crippen molar-refractivity contribution in [2.75, 3.05) is 37.7 Å². The van der Waals surface area contributed by atoms with Gasteiger partial charge in [-0.2, -0.15) is 11.8 Å². The van der Waals surface area contributed by atoms with Gasteiger partial charge in [0.15, 0.2) is 0 Å². The molecule has 0 spiro atoms. The van der Waals surface area contributed by atoms with Crippen LogP contribution in [0.5, 0.6) is 0 Å². The SMILES string of the molecule is CCCNCCN1CCSCC1C. The van der Waals surface area contributed by atoms with Crippen LogP contribution in [-0.2, 0) is 0 Å². The molecule has 0 radical (unpaired) electrons. The summed E-state index contributed by atoms with van der Waals surface area (Å²) in [4.78, 5) is 2.60. The summed E-state index contributed by atoms with van der Waals surface area (Å²) in [6.45, 7) is 9.38. The lowest BCUT2D eigenvalue weighted by atomic mass is 10.3. The van der Waals surface area contributed by atoms with Gasteiger partial charge in [-0.05, 0) is 19.9 Å². The maximum Gasteiger partial charge on any atom is 0.0158 e. The van der Waals surface area contributed by atoms with Gasteiger partial charge < -0.3 is 5.32 Å². The van der Waals surface area contributed by atoms with E-state index in [1.165, 1.54) is 31.0 Å². The third-order valence-electron chi connectivity index (χ3n) is 2.51. The molecule has 1 unspecified atom stereocenters. The molecule has 1 N–H and O–H groups in total. The molecule has 0 saturated carbocycles. The fourth-order valence-corrected chi connectivity index (χ4v) is 2.70. The third-order valence-corrected chi connectivity index (χ3v) is 3.70. The minimum absolute atomic E-state index is 0.780. The summed E-state index contributed by atoms with van der Waals surface area (Å²) < 4.78 is 0. The summed E-state index contributed by atoms with van der Waals surface area (Å²) in [5.74, 6) is 2.63. The molecule has 1 aliphatic heterocycles. The van der Waals surface area contributed by atoms with Crippen LogP contribution in [0, 0.1) is 0 Å². The van der Waals surface area contributed by atoms with Gasteiger partial charge in [-0.1, -0.05) is 6.92 Å². The molecule has 1 heterocycles. The van der Waals surface area contributed by atoms with Crippen molar-refractivity contribution in [3.63, 3.8) is 0 Å². The molecule has 0 aromatic heterocycles. The minimum Gasteiger partial charge on any atom is -0.315 e. The van der Waals surface area contributed by atoms with E-state index in [-0.39, 0.29) is 0 Å². The quantitative estimate of drug-likeness (QED) is 0.679. The zero-order chi connectivity index (χ0) is 9.52. The second-order valence-corrected chi connectivity index (χ2v) is 4.86. The first-order valence-electron chi connectivity index (χ1n) is 5.37. The lowest BCUT2D eigenvalue weighted by Gasteiger charge is -2.32. The maximum absolute atomic E-state index is 3.45. The summed E-state index contributed by atoms with van der Waals surface area (Å²) in [6, 6.07) is 0.780. The van der Waals surface area contributed by atoms with Crippen LogP contribution in [0.4, 0.5) is 0 Å². The van der Waals surface area contributed by atoms with Crippen molar-refractivity contribution in [1.29, 1.82) is 0 Å². The summed E-state index contributed by atoms with van der Waals surface area (Å²) >= 11 is 2.09. The molecule has 0 amide bonds. The fraction of sp³-hybridized carbons (Fsp3) is 1.00. The van der Waals surface area contributed by atoms with Gasteiger partial charge in [0, 0.05) is 37.2 Å². The highest BCUT2D eigenvalue weighted by Crippen LogP contribution is 2.14. The van der Waals surface area contributed by atoms with Crippen LogP contribution in [0.2, 0.25) is 0 Å². The van der Waals surface area contributed by atoms with E-state index in [2.05, 4.69) is 35.8 Å². The van der Waals surface area contributed by atoms with E-state index in [0.717, 1.165) is 19.1 Å². The topological polar surface area (TPSA) is 15.3 Å². The van der Waals surface area contributed by atoms with Crippen molar-refractivity contribution in [3.8, 4) is 0 Å². The predicted octanol–water partition coefficient (Wildman–Crippen LogP) is 1.42. The highest BCUT2D eigenvalue weighted by atomic mass is 32.2. The lowest BCUT2D eigenvalue weighted by Crippen LogP contribution is -2.43. The first-order valence-corrected chi connectivity index (χ1v) is 6.52. The van der Waals surface area contributed by atoms with Crippen LogP contribution in [0.15, 0.2) is 0 Å². The molecule has 1 fully saturated rings. The summed E-state index contributed by atoms with van der Waals surface area (Å²) in [6.07, 6.45) is 1.24. The average molecular weight is 202 g/mol. The van der Waals surface area contributed by atoms with Gasteiger partial charge in [-0.15, -0.1) is 0 Å². The van der Waals surface area contributed by atoms with Crippen molar-refractivity contribution in [2.24, 2.45) is 0 Å². The van der Waals surface area contributed by atoms with Crippen LogP contribution in [-0.4, -0.2) is 48.6 Å². The van der Waals surface area contributed by atoms with Crippen molar-refractivity contribution >= 4 is 11.8 Å². The van der Waals surface area contributed by atoms with Crippen LogP contribution >= 0.6 is 11.8 Å². The van der Waals surface area contributed by atoms with E-state index in [4.69, 9.17) is 0 Å². The summed E-state index contributed by atoms with van der Waals surface area (Å²) in [5, 5.41) is 3.45. The largest absolute Gasteiger partial charge is 0.315 e. The Balaban J connectivity index is 2.05. The molecule has 13 heavy (non-hydrogen) atoms. The monoisotopic (exact) mass is 202 g/mol. The smallest absolute Gasteiger partial charge is 0.0158 e. The number of nitrogens with zero attached hydrogens (tertiary/aromatic N) is 1. The van der Waals surface area contributed by atoms with E-state index < -0.39 is 0 Å². The van der Waals surface area contributed by atoms with E-state index in [1.807, 2.05) is 0 Å². The van der Waals surface area contributed by atoms with Gasteiger partial charge in [-0.3, -0.25) is 4.90 Å². The van der Waals surface area contributed by atoms with Crippen molar-refractivity contribution in [2.45, 2.75) is 26.3 Å². The Labute approximate surface area is 86.5 Å². The highest BCUT2D eigenvalue weighted by molar-refractivity contribution is 7.99. The van der Waals surface area contributed by atoms with Crippen molar-refractivity contribution in [3.05, 3.63) is 0 Å². The van der Waals surface area contributed by atoms with Gasteiger partial charge in [-0.25, -0.2) is 0 Å². The second kappa shape index (κ2) is 6.68. The molecular formula is C10H22N2S. The summed E-state index contributed by atoms with van der Waals surface area (Å²) in [7, 11) is 0. The lowest BCUT2D eigenvalue weighted by molar-refractivity contribution is 0.233. The standard InChI is InChI=1S/C10H22N2S/c1-3-4-11-5-6-12-7-8-13-9-10(12)2/h10-11H,3-9H2,1-2H3. The molecule has 1 saturated heterocycles. The number of hydrogen-bond acceptors (Lipinski definition) is 3. The van der Waals surface area contributed by atoms with E-state index in [9.17, 15) is 0 Å². The molecule has 1 atom stereocenters. The second-order valence-electron chi connectivity index (χ2n) is 3.71. The third kappa shape index (κ3) is 4.34. The van der Waals surface area contributed by atoms with Gasteiger partial charge in [0.1, 0.15) is 0 Å². The van der Waals surface area contributed by atoms with Crippen LogP contribution in [0.3, 0.4) is 0 Å². The number of nitrogens with one attached hydrogen (secondary N) is 1. The van der Waals surface area contributed by atoms with E-state index in [0.29, 0.717) is 0 Å². The van der Waals surface area contributed by atoms with Gasteiger partial charge in [0.25, 0.3) is 0 Å². The van der Waals surface area contributed by atoms with Crippen LogP contribution in [0.25, 0.3) is 0 Å².